The van der Waals surface area contributed by atoms with E-state index >= 15 is 0 Å². The van der Waals surface area contributed by atoms with Gasteiger partial charge in [-0.15, -0.1) is 0 Å². The van der Waals surface area contributed by atoms with E-state index in [2.05, 4.69) is 0 Å². The molecule has 2 aromatic rings. The fraction of sp³-hybridized carbons (Fsp3) is 0.214. The van der Waals surface area contributed by atoms with Crippen LogP contribution < -0.4 is 14.9 Å². The second-order valence-corrected chi connectivity index (χ2v) is 3.99. The first kappa shape index (κ1) is 14.1. The van der Waals surface area contributed by atoms with Crippen molar-refractivity contribution in [2.24, 2.45) is 0 Å². The average molecular weight is 280 g/mol. The molecular formula is C14H13FO5. The fourth-order valence-electron chi connectivity index (χ4n) is 1.59. The number of hydrogen-bond acceptors (Lipinski definition) is 5. The molecule has 2 rings (SSSR count). The van der Waals surface area contributed by atoms with Crippen LogP contribution in [0.1, 0.15) is 11.3 Å². The van der Waals surface area contributed by atoms with Crippen LogP contribution in [-0.2, 0) is 13.2 Å². The van der Waals surface area contributed by atoms with Gasteiger partial charge < -0.3 is 19.0 Å². The molecule has 1 N–H and O–H groups in total. The predicted molar refractivity (Wildman–Crippen MR) is 68.2 cm³/mol. The smallest absolute Gasteiger partial charge is 0.227 e. The Bertz CT molecular complexity index is 650. The minimum absolute atomic E-state index is 0.00146. The molecule has 0 bridgehead atoms. The molecule has 0 fully saturated rings. The van der Waals surface area contributed by atoms with Gasteiger partial charge in [-0.25, -0.2) is 4.39 Å². The third-order valence-corrected chi connectivity index (χ3v) is 2.62. The summed E-state index contributed by atoms with van der Waals surface area (Å²) in [5.74, 6) is -0.215. The number of ether oxygens (including phenoxy) is 2. The highest BCUT2D eigenvalue weighted by molar-refractivity contribution is 5.29. The second-order valence-electron chi connectivity index (χ2n) is 3.99. The third-order valence-electron chi connectivity index (χ3n) is 2.62. The zero-order valence-electron chi connectivity index (χ0n) is 10.8. The van der Waals surface area contributed by atoms with Crippen molar-refractivity contribution < 1.29 is 23.4 Å². The monoisotopic (exact) mass is 280 g/mol. The quantitative estimate of drug-likeness (QED) is 0.905. The van der Waals surface area contributed by atoms with Crippen molar-refractivity contribution in [1.82, 2.24) is 0 Å². The maximum atomic E-state index is 13.5. The van der Waals surface area contributed by atoms with E-state index in [0.717, 1.165) is 12.3 Å². The summed E-state index contributed by atoms with van der Waals surface area (Å²) in [6.45, 7) is -0.344. The summed E-state index contributed by atoms with van der Waals surface area (Å²) in [5, 5.41) is 8.81. The van der Waals surface area contributed by atoms with E-state index in [-0.39, 0.29) is 30.5 Å². The number of benzene rings is 1. The summed E-state index contributed by atoms with van der Waals surface area (Å²) in [7, 11) is 1.38. The number of rotatable bonds is 5. The van der Waals surface area contributed by atoms with Gasteiger partial charge in [-0.2, -0.15) is 0 Å². The SMILES string of the molecule is COc1ccc(COc2coc(CO)cc2=O)cc1F. The Morgan fingerprint density at radius 1 is 1.30 bits per heavy atom. The second kappa shape index (κ2) is 6.21. The van der Waals surface area contributed by atoms with Gasteiger partial charge in [0.1, 0.15) is 25.2 Å². The lowest BCUT2D eigenvalue weighted by atomic mass is 10.2. The molecule has 1 aromatic carbocycles. The summed E-state index contributed by atoms with van der Waals surface area (Å²) in [5.41, 5.74) is 0.142. The topological polar surface area (TPSA) is 68.9 Å². The molecule has 0 saturated heterocycles. The molecule has 6 heteroatoms. The highest BCUT2D eigenvalue weighted by Crippen LogP contribution is 2.18. The van der Waals surface area contributed by atoms with Crippen molar-refractivity contribution >= 4 is 0 Å². The first-order valence-corrected chi connectivity index (χ1v) is 5.82. The largest absolute Gasteiger partial charge is 0.494 e. The average Bonchev–Trinajstić information content (AvgIpc) is 2.46. The number of aliphatic hydroxyl groups is 1. The molecule has 20 heavy (non-hydrogen) atoms. The Morgan fingerprint density at radius 2 is 2.10 bits per heavy atom. The van der Waals surface area contributed by atoms with Gasteiger partial charge in [-0.1, -0.05) is 6.07 Å². The first-order valence-electron chi connectivity index (χ1n) is 5.82. The van der Waals surface area contributed by atoms with Gasteiger partial charge in [-0.05, 0) is 17.7 Å². The Labute approximate surface area is 114 Å². The van der Waals surface area contributed by atoms with Crippen LogP contribution in [0.2, 0.25) is 0 Å². The van der Waals surface area contributed by atoms with Gasteiger partial charge >= 0.3 is 0 Å². The Balaban J connectivity index is 2.09. The van der Waals surface area contributed by atoms with Crippen molar-refractivity contribution in [2.75, 3.05) is 7.11 Å². The summed E-state index contributed by atoms with van der Waals surface area (Å²) in [6, 6.07) is 5.52. The fourth-order valence-corrected chi connectivity index (χ4v) is 1.59. The van der Waals surface area contributed by atoms with Crippen molar-refractivity contribution in [2.45, 2.75) is 13.2 Å². The summed E-state index contributed by atoms with van der Waals surface area (Å²) >= 11 is 0. The molecule has 0 saturated carbocycles. The highest BCUT2D eigenvalue weighted by atomic mass is 19.1. The highest BCUT2D eigenvalue weighted by Gasteiger charge is 2.07. The molecule has 0 aliphatic rings. The summed E-state index contributed by atoms with van der Waals surface area (Å²) < 4.78 is 28.5. The van der Waals surface area contributed by atoms with E-state index in [4.69, 9.17) is 19.0 Å². The molecule has 1 aromatic heterocycles. The lowest BCUT2D eigenvalue weighted by Crippen LogP contribution is -2.08. The summed E-state index contributed by atoms with van der Waals surface area (Å²) in [4.78, 5) is 11.6. The molecule has 0 aliphatic carbocycles. The maximum absolute atomic E-state index is 13.5. The molecule has 5 nitrogen and oxygen atoms in total. The minimum atomic E-state index is -0.503. The predicted octanol–water partition coefficient (Wildman–Crippen LogP) is 1.86. The van der Waals surface area contributed by atoms with E-state index in [9.17, 15) is 9.18 Å². The number of methoxy groups -OCH3 is 1. The van der Waals surface area contributed by atoms with Crippen LogP contribution in [0, 0.1) is 5.82 Å². The number of hydrogen-bond donors (Lipinski definition) is 1. The lowest BCUT2D eigenvalue weighted by molar-refractivity contribution is 0.236. The summed E-state index contributed by atoms with van der Waals surface area (Å²) in [6.07, 6.45) is 1.12. The normalized spacial score (nSPS) is 10.3. The first-order chi connectivity index (χ1) is 9.63. The van der Waals surface area contributed by atoms with Gasteiger partial charge in [0.25, 0.3) is 0 Å². The van der Waals surface area contributed by atoms with E-state index in [1.54, 1.807) is 6.07 Å². The van der Waals surface area contributed by atoms with Gasteiger partial charge in [-0.3, -0.25) is 4.79 Å². The molecule has 0 unspecified atom stereocenters. The molecule has 0 atom stereocenters. The van der Waals surface area contributed by atoms with Gasteiger partial charge in [0, 0.05) is 6.07 Å². The van der Waals surface area contributed by atoms with Crippen LogP contribution in [0.4, 0.5) is 4.39 Å². The van der Waals surface area contributed by atoms with Gasteiger partial charge in [0.15, 0.2) is 11.6 Å². The molecule has 106 valence electrons. The van der Waals surface area contributed by atoms with Crippen LogP contribution in [0.5, 0.6) is 11.5 Å². The standard InChI is InChI=1S/C14H13FO5/c1-18-13-3-2-9(4-11(13)15)7-20-14-8-19-10(6-16)5-12(14)17/h2-5,8,16H,6-7H2,1H3. The Morgan fingerprint density at radius 3 is 2.70 bits per heavy atom. The minimum Gasteiger partial charge on any atom is -0.494 e. The van der Waals surface area contributed by atoms with Crippen LogP contribution in [0.25, 0.3) is 0 Å². The Kier molecular flexibility index (Phi) is 4.37. The van der Waals surface area contributed by atoms with Gasteiger partial charge in [0.05, 0.1) is 7.11 Å². The van der Waals surface area contributed by atoms with Crippen molar-refractivity contribution in [3.63, 3.8) is 0 Å². The van der Waals surface area contributed by atoms with Crippen molar-refractivity contribution in [1.29, 1.82) is 0 Å². The molecule has 0 amide bonds. The molecule has 0 aliphatic heterocycles. The van der Waals surface area contributed by atoms with E-state index < -0.39 is 11.2 Å². The third kappa shape index (κ3) is 3.16. The van der Waals surface area contributed by atoms with E-state index in [0.29, 0.717) is 5.56 Å². The molecule has 0 radical (unpaired) electrons. The molecule has 1 heterocycles. The number of halogens is 1. The maximum Gasteiger partial charge on any atom is 0.227 e. The lowest BCUT2D eigenvalue weighted by Gasteiger charge is -2.07. The van der Waals surface area contributed by atoms with Crippen molar-refractivity contribution in [3.05, 3.63) is 57.9 Å². The Hall–Kier alpha value is -2.34. The van der Waals surface area contributed by atoms with Crippen LogP contribution >= 0.6 is 0 Å². The van der Waals surface area contributed by atoms with E-state index in [1.165, 1.54) is 19.2 Å². The molecular weight excluding hydrogens is 267 g/mol. The zero-order valence-corrected chi connectivity index (χ0v) is 10.8. The zero-order chi connectivity index (χ0) is 14.5. The van der Waals surface area contributed by atoms with Crippen molar-refractivity contribution in [3.8, 4) is 11.5 Å². The van der Waals surface area contributed by atoms with Crippen LogP contribution in [0.15, 0.2) is 39.7 Å². The van der Waals surface area contributed by atoms with Crippen LogP contribution in [0.3, 0.4) is 0 Å². The number of aliphatic hydroxyl groups excluding tert-OH is 1. The van der Waals surface area contributed by atoms with Gasteiger partial charge in [0.2, 0.25) is 11.2 Å². The van der Waals surface area contributed by atoms with Crippen LogP contribution in [-0.4, -0.2) is 12.2 Å². The molecule has 0 spiro atoms. The van der Waals surface area contributed by atoms with E-state index in [1.807, 2.05) is 0 Å².